The Balaban J connectivity index is 1.92. The van der Waals surface area contributed by atoms with Gasteiger partial charge in [0, 0.05) is 36.9 Å². The van der Waals surface area contributed by atoms with Gasteiger partial charge in [-0.1, -0.05) is 17.7 Å². The first-order valence-corrected chi connectivity index (χ1v) is 7.53. The quantitative estimate of drug-likeness (QED) is 0.854. The number of hydrogen-bond acceptors (Lipinski definition) is 3. The average Bonchev–Trinajstić information content (AvgIpc) is 2.85. The Morgan fingerprint density at radius 3 is 2.86 bits per heavy atom. The van der Waals surface area contributed by atoms with E-state index in [0.29, 0.717) is 5.02 Å². The highest BCUT2D eigenvalue weighted by molar-refractivity contribution is 6.30. The van der Waals surface area contributed by atoms with Gasteiger partial charge < -0.3 is 14.6 Å². The number of likely N-dealkylation sites (N-methyl/N-ethyl adjacent to an activating group) is 1. The molecule has 1 aromatic heterocycles. The third-order valence-electron chi connectivity index (χ3n) is 3.66. The number of aryl methyl sites for hydroxylation is 2. The van der Waals surface area contributed by atoms with Crippen LogP contribution in [0.15, 0.2) is 36.7 Å². The predicted molar refractivity (Wildman–Crippen MR) is 85.9 cm³/mol. The van der Waals surface area contributed by atoms with E-state index in [1.165, 1.54) is 0 Å². The van der Waals surface area contributed by atoms with Crippen molar-refractivity contribution in [2.75, 3.05) is 7.05 Å². The lowest BCUT2D eigenvalue weighted by molar-refractivity contribution is 0.169. The summed E-state index contributed by atoms with van der Waals surface area (Å²) in [5.41, 5.74) is 0. The maximum atomic E-state index is 5.98. The summed E-state index contributed by atoms with van der Waals surface area (Å²) in [4.78, 5) is 4.35. The standard InChI is InChI=1S/C16H22ClN3O/c1-12(21-14-6-4-5-13(17)11-14)15(18-2)7-8-16-19-9-10-20(16)3/h4-6,9-12,15,18H,7-8H2,1-3H3. The van der Waals surface area contributed by atoms with E-state index in [-0.39, 0.29) is 12.1 Å². The Labute approximate surface area is 131 Å². The molecule has 0 saturated carbocycles. The molecule has 0 radical (unpaired) electrons. The van der Waals surface area contributed by atoms with Crippen LogP contribution in [0.2, 0.25) is 5.02 Å². The Bertz CT molecular complexity index is 570. The lowest BCUT2D eigenvalue weighted by Crippen LogP contribution is -2.39. The highest BCUT2D eigenvalue weighted by atomic mass is 35.5. The maximum absolute atomic E-state index is 5.98. The van der Waals surface area contributed by atoms with Crippen molar-refractivity contribution < 1.29 is 4.74 Å². The molecule has 1 N–H and O–H groups in total. The van der Waals surface area contributed by atoms with Gasteiger partial charge in [-0.15, -0.1) is 0 Å². The summed E-state index contributed by atoms with van der Waals surface area (Å²) < 4.78 is 8.02. The van der Waals surface area contributed by atoms with E-state index < -0.39 is 0 Å². The summed E-state index contributed by atoms with van der Waals surface area (Å²) in [6.07, 6.45) is 5.72. The Kier molecular flexibility index (Phi) is 5.65. The molecular formula is C16H22ClN3O. The van der Waals surface area contributed by atoms with Gasteiger partial charge >= 0.3 is 0 Å². The first-order valence-electron chi connectivity index (χ1n) is 7.16. The number of nitrogens with zero attached hydrogens (tertiary/aromatic N) is 2. The van der Waals surface area contributed by atoms with Gasteiger partial charge in [0.2, 0.25) is 0 Å². The Morgan fingerprint density at radius 1 is 1.43 bits per heavy atom. The van der Waals surface area contributed by atoms with Crippen LogP contribution in [-0.2, 0) is 13.5 Å². The molecule has 1 aromatic carbocycles. The van der Waals surface area contributed by atoms with E-state index in [1.807, 2.05) is 50.8 Å². The van der Waals surface area contributed by atoms with Gasteiger partial charge in [-0.25, -0.2) is 4.98 Å². The smallest absolute Gasteiger partial charge is 0.121 e. The zero-order valence-corrected chi connectivity index (χ0v) is 13.5. The summed E-state index contributed by atoms with van der Waals surface area (Å²) in [5, 5.41) is 4.01. The molecule has 0 aliphatic rings. The molecule has 0 aliphatic carbocycles. The third-order valence-corrected chi connectivity index (χ3v) is 3.89. The fourth-order valence-corrected chi connectivity index (χ4v) is 2.55. The molecule has 0 saturated heterocycles. The van der Waals surface area contributed by atoms with Crippen molar-refractivity contribution in [3.63, 3.8) is 0 Å². The summed E-state index contributed by atoms with van der Waals surface area (Å²) in [5.74, 6) is 1.89. The van der Waals surface area contributed by atoms with Crippen LogP contribution in [0.5, 0.6) is 5.75 Å². The molecule has 0 amide bonds. The van der Waals surface area contributed by atoms with E-state index in [0.717, 1.165) is 24.4 Å². The summed E-state index contributed by atoms with van der Waals surface area (Å²) in [7, 11) is 3.98. The van der Waals surface area contributed by atoms with E-state index in [4.69, 9.17) is 16.3 Å². The fraction of sp³-hybridized carbons (Fsp3) is 0.438. The zero-order valence-electron chi connectivity index (χ0n) is 12.7. The second kappa shape index (κ2) is 7.48. The van der Waals surface area contributed by atoms with Crippen LogP contribution in [0.1, 0.15) is 19.2 Å². The van der Waals surface area contributed by atoms with Crippen LogP contribution in [-0.4, -0.2) is 28.7 Å². The molecule has 1 heterocycles. The fourth-order valence-electron chi connectivity index (χ4n) is 2.37. The van der Waals surface area contributed by atoms with Crippen LogP contribution in [0.4, 0.5) is 0 Å². The molecule has 114 valence electrons. The van der Waals surface area contributed by atoms with Crippen molar-refractivity contribution in [2.24, 2.45) is 7.05 Å². The highest BCUT2D eigenvalue weighted by Crippen LogP contribution is 2.20. The van der Waals surface area contributed by atoms with Crippen molar-refractivity contribution in [1.82, 2.24) is 14.9 Å². The first-order chi connectivity index (χ1) is 10.1. The van der Waals surface area contributed by atoms with E-state index in [9.17, 15) is 0 Å². The molecule has 2 unspecified atom stereocenters. The Hall–Kier alpha value is -1.52. The highest BCUT2D eigenvalue weighted by Gasteiger charge is 2.18. The molecular weight excluding hydrogens is 286 g/mol. The lowest BCUT2D eigenvalue weighted by atomic mass is 10.1. The minimum atomic E-state index is 0.0498. The van der Waals surface area contributed by atoms with Gasteiger partial charge in [-0.3, -0.25) is 0 Å². The van der Waals surface area contributed by atoms with Gasteiger partial charge in [0.1, 0.15) is 17.7 Å². The SMILES string of the molecule is CNC(CCc1nccn1C)C(C)Oc1cccc(Cl)c1. The van der Waals surface area contributed by atoms with Gasteiger partial charge in [-0.05, 0) is 38.6 Å². The van der Waals surface area contributed by atoms with Crippen molar-refractivity contribution in [2.45, 2.75) is 31.9 Å². The van der Waals surface area contributed by atoms with Gasteiger partial charge in [0.25, 0.3) is 0 Å². The van der Waals surface area contributed by atoms with Crippen LogP contribution in [0.3, 0.4) is 0 Å². The van der Waals surface area contributed by atoms with Crippen molar-refractivity contribution in [3.8, 4) is 5.75 Å². The predicted octanol–water partition coefficient (Wildman–Crippen LogP) is 3.06. The van der Waals surface area contributed by atoms with E-state index in [2.05, 4.69) is 21.8 Å². The van der Waals surface area contributed by atoms with Gasteiger partial charge in [-0.2, -0.15) is 0 Å². The second-order valence-electron chi connectivity index (χ2n) is 5.17. The number of halogens is 1. The maximum Gasteiger partial charge on any atom is 0.121 e. The third kappa shape index (κ3) is 4.48. The molecule has 0 spiro atoms. The number of hydrogen-bond donors (Lipinski definition) is 1. The van der Waals surface area contributed by atoms with E-state index in [1.54, 1.807) is 0 Å². The molecule has 2 atom stereocenters. The van der Waals surface area contributed by atoms with Crippen molar-refractivity contribution >= 4 is 11.6 Å². The second-order valence-corrected chi connectivity index (χ2v) is 5.60. The number of ether oxygens (including phenoxy) is 1. The zero-order chi connectivity index (χ0) is 15.2. The van der Waals surface area contributed by atoms with Crippen LogP contribution < -0.4 is 10.1 Å². The topological polar surface area (TPSA) is 39.1 Å². The van der Waals surface area contributed by atoms with E-state index >= 15 is 0 Å². The molecule has 21 heavy (non-hydrogen) atoms. The summed E-state index contributed by atoms with van der Waals surface area (Å²) >= 11 is 5.98. The molecule has 0 aliphatic heterocycles. The number of aromatic nitrogens is 2. The van der Waals surface area contributed by atoms with Gasteiger partial charge in [0.15, 0.2) is 0 Å². The normalized spacial score (nSPS) is 13.9. The minimum Gasteiger partial charge on any atom is -0.489 e. The van der Waals surface area contributed by atoms with Crippen molar-refractivity contribution in [1.29, 1.82) is 0 Å². The first kappa shape index (κ1) is 15.9. The number of rotatable bonds is 7. The largest absolute Gasteiger partial charge is 0.489 e. The van der Waals surface area contributed by atoms with Crippen LogP contribution in [0, 0.1) is 0 Å². The molecule has 0 bridgehead atoms. The summed E-state index contributed by atoms with van der Waals surface area (Å²) in [6, 6.07) is 7.75. The lowest BCUT2D eigenvalue weighted by Gasteiger charge is -2.24. The van der Waals surface area contributed by atoms with Crippen LogP contribution in [0.25, 0.3) is 0 Å². The molecule has 4 nitrogen and oxygen atoms in total. The minimum absolute atomic E-state index is 0.0498. The average molecular weight is 308 g/mol. The number of imidazole rings is 1. The summed E-state index contributed by atoms with van der Waals surface area (Å²) in [6.45, 7) is 2.07. The number of benzene rings is 1. The van der Waals surface area contributed by atoms with Crippen LogP contribution >= 0.6 is 11.6 Å². The molecule has 2 aromatic rings. The Morgan fingerprint density at radius 2 is 2.24 bits per heavy atom. The van der Waals surface area contributed by atoms with Crippen molar-refractivity contribution in [3.05, 3.63) is 47.5 Å². The van der Waals surface area contributed by atoms with Gasteiger partial charge in [0.05, 0.1) is 0 Å². The molecule has 0 fully saturated rings. The molecule has 5 heteroatoms. The number of nitrogens with one attached hydrogen (secondary N) is 1. The molecule has 2 rings (SSSR count). The monoisotopic (exact) mass is 307 g/mol.